The molecular formula is C18H20O5. The monoisotopic (exact) mass is 316 g/mol. The number of carboxylic acid groups (broad SMARTS) is 1. The van der Waals surface area contributed by atoms with Gasteiger partial charge in [-0.3, -0.25) is 0 Å². The van der Waals surface area contributed by atoms with E-state index in [1.165, 1.54) is 7.11 Å². The zero-order valence-electron chi connectivity index (χ0n) is 13.0. The molecule has 0 radical (unpaired) electrons. The largest absolute Gasteiger partial charge is 0.490 e. The van der Waals surface area contributed by atoms with Crippen molar-refractivity contribution in [2.45, 2.75) is 12.5 Å². The maximum Gasteiger partial charge on any atom is 0.333 e. The summed E-state index contributed by atoms with van der Waals surface area (Å²) in [5, 5.41) is 8.96. The van der Waals surface area contributed by atoms with Crippen LogP contribution in [0, 0.1) is 0 Å². The Morgan fingerprint density at radius 2 is 1.52 bits per heavy atom. The normalized spacial score (nSPS) is 11.7. The smallest absolute Gasteiger partial charge is 0.333 e. The zero-order chi connectivity index (χ0) is 16.5. The molecule has 0 aliphatic heterocycles. The molecule has 5 heteroatoms. The van der Waals surface area contributed by atoms with Gasteiger partial charge in [0.1, 0.15) is 24.7 Å². The summed E-state index contributed by atoms with van der Waals surface area (Å²) in [5.74, 6) is 0.561. The molecule has 0 bridgehead atoms. The third-order valence-electron chi connectivity index (χ3n) is 3.27. The van der Waals surface area contributed by atoms with E-state index in [2.05, 4.69) is 0 Å². The molecule has 0 aromatic heterocycles. The van der Waals surface area contributed by atoms with E-state index in [4.69, 9.17) is 19.3 Å². The van der Waals surface area contributed by atoms with Crippen LogP contribution in [0.1, 0.15) is 5.56 Å². The molecule has 0 fully saturated rings. The lowest BCUT2D eigenvalue weighted by molar-refractivity contribution is -0.148. The van der Waals surface area contributed by atoms with Crippen molar-refractivity contribution < 1.29 is 24.1 Å². The van der Waals surface area contributed by atoms with Crippen molar-refractivity contribution in [1.82, 2.24) is 0 Å². The quantitative estimate of drug-likeness (QED) is 0.721. The van der Waals surface area contributed by atoms with Gasteiger partial charge >= 0.3 is 5.97 Å². The van der Waals surface area contributed by atoms with Crippen LogP contribution < -0.4 is 9.47 Å². The van der Waals surface area contributed by atoms with Crippen molar-refractivity contribution >= 4 is 5.97 Å². The van der Waals surface area contributed by atoms with Crippen LogP contribution in [0.25, 0.3) is 0 Å². The molecule has 23 heavy (non-hydrogen) atoms. The van der Waals surface area contributed by atoms with E-state index in [-0.39, 0.29) is 0 Å². The fourth-order valence-corrected chi connectivity index (χ4v) is 2.04. The minimum Gasteiger partial charge on any atom is -0.490 e. The number of hydrogen-bond acceptors (Lipinski definition) is 4. The first-order valence-corrected chi connectivity index (χ1v) is 7.34. The number of rotatable bonds is 9. The van der Waals surface area contributed by atoms with Gasteiger partial charge in [-0.2, -0.15) is 0 Å². The number of carboxylic acids is 1. The number of ether oxygens (including phenoxy) is 3. The Hall–Kier alpha value is -2.53. The second-order valence-corrected chi connectivity index (χ2v) is 4.92. The second kappa shape index (κ2) is 8.80. The van der Waals surface area contributed by atoms with Crippen molar-refractivity contribution in [1.29, 1.82) is 0 Å². The molecule has 5 nitrogen and oxygen atoms in total. The minimum atomic E-state index is -0.967. The van der Waals surface area contributed by atoms with Gasteiger partial charge in [-0.05, 0) is 29.8 Å². The summed E-state index contributed by atoms with van der Waals surface area (Å²) in [7, 11) is 1.39. The molecular weight excluding hydrogens is 296 g/mol. The first kappa shape index (κ1) is 16.8. The molecule has 0 amide bonds. The van der Waals surface area contributed by atoms with E-state index in [1.54, 1.807) is 0 Å². The van der Waals surface area contributed by atoms with E-state index in [0.717, 1.165) is 17.1 Å². The molecule has 0 aliphatic carbocycles. The van der Waals surface area contributed by atoms with E-state index >= 15 is 0 Å². The maximum atomic E-state index is 10.9. The summed E-state index contributed by atoms with van der Waals surface area (Å²) < 4.78 is 16.0. The molecule has 2 rings (SSSR count). The lowest BCUT2D eigenvalue weighted by Crippen LogP contribution is -2.24. The molecule has 0 unspecified atom stereocenters. The highest BCUT2D eigenvalue weighted by atomic mass is 16.5. The van der Waals surface area contributed by atoms with Crippen LogP contribution in [-0.2, 0) is 16.0 Å². The Balaban J connectivity index is 1.75. The van der Waals surface area contributed by atoms with Crippen molar-refractivity contribution in [3.05, 3.63) is 60.2 Å². The fourth-order valence-electron chi connectivity index (χ4n) is 2.04. The summed E-state index contributed by atoms with van der Waals surface area (Å²) in [6, 6.07) is 16.8. The Kier molecular flexibility index (Phi) is 6.44. The van der Waals surface area contributed by atoms with Gasteiger partial charge < -0.3 is 19.3 Å². The van der Waals surface area contributed by atoms with Gasteiger partial charge in [-0.15, -0.1) is 0 Å². The molecule has 0 saturated carbocycles. The highest BCUT2D eigenvalue weighted by molar-refractivity contribution is 5.72. The van der Waals surface area contributed by atoms with Crippen molar-refractivity contribution in [3.8, 4) is 11.5 Å². The Labute approximate surface area is 135 Å². The summed E-state index contributed by atoms with van der Waals surface area (Å²) >= 11 is 0. The summed E-state index contributed by atoms with van der Waals surface area (Å²) in [5.41, 5.74) is 0.882. The third-order valence-corrected chi connectivity index (χ3v) is 3.27. The molecule has 122 valence electrons. The predicted molar refractivity (Wildman–Crippen MR) is 86.0 cm³/mol. The molecule has 0 aliphatic rings. The molecule has 0 saturated heterocycles. The summed E-state index contributed by atoms with van der Waals surface area (Å²) in [6.07, 6.45) is -0.510. The van der Waals surface area contributed by atoms with Gasteiger partial charge in [0.15, 0.2) is 6.10 Å². The SMILES string of the molecule is CO[C@@H](Cc1ccc(OCCOc2ccccc2)cc1)C(=O)O. The van der Waals surface area contributed by atoms with E-state index < -0.39 is 12.1 Å². The van der Waals surface area contributed by atoms with Crippen molar-refractivity contribution in [2.75, 3.05) is 20.3 Å². The van der Waals surface area contributed by atoms with Gasteiger partial charge in [-0.1, -0.05) is 30.3 Å². The van der Waals surface area contributed by atoms with Gasteiger partial charge in [-0.25, -0.2) is 4.79 Å². The topological polar surface area (TPSA) is 65.0 Å². The average Bonchev–Trinajstić information content (AvgIpc) is 2.58. The molecule has 2 aromatic rings. The van der Waals surface area contributed by atoms with Gasteiger partial charge in [0.2, 0.25) is 0 Å². The number of benzene rings is 2. The molecule has 0 spiro atoms. The lowest BCUT2D eigenvalue weighted by Gasteiger charge is -2.11. The minimum absolute atomic E-state index is 0.323. The van der Waals surface area contributed by atoms with Crippen LogP contribution in [0.5, 0.6) is 11.5 Å². The van der Waals surface area contributed by atoms with Gasteiger partial charge in [0.05, 0.1) is 0 Å². The van der Waals surface area contributed by atoms with E-state index in [1.807, 2.05) is 54.6 Å². The average molecular weight is 316 g/mol. The maximum absolute atomic E-state index is 10.9. The zero-order valence-corrected chi connectivity index (χ0v) is 13.0. The number of methoxy groups -OCH3 is 1. The lowest BCUT2D eigenvalue weighted by atomic mass is 10.1. The Morgan fingerprint density at radius 3 is 2.04 bits per heavy atom. The van der Waals surface area contributed by atoms with E-state index in [0.29, 0.717) is 19.6 Å². The summed E-state index contributed by atoms with van der Waals surface area (Å²) in [4.78, 5) is 10.9. The molecule has 1 N–H and O–H groups in total. The molecule has 1 atom stereocenters. The molecule has 2 aromatic carbocycles. The highest BCUT2D eigenvalue weighted by Gasteiger charge is 2.16. The fraction of sp³-hybridized carbons (Fsp3) is 0.278. The number of carbonyl (C=O) groups is 1. The van der Waals surface area contributed by atoms with Crippen LogP contribution in [-0.4, -0.2) is 37.5 Å². The van der Waals surface area contributed by atoms with E-state index in [9.17, 15) is 4.79 Å². The van der Waals surface area contributed by atoms with Crippen LogP contribution in [0.4, 0.5) is 0 Å². The number of para-hydroxylation sites is 1. The van der Waals surface area contributed by atoms with Crippen molar-refractivity contribution in [3.63, 3.8) is 0 Å². The first-order chi connectivity index (χ1) is 11.2. The van der Waals surface area contributed by atoms with Crippen molar-refractivity contribution in [2.24, 2.45) is 0 Å². The second-order valence-electron chi connectivity index (χ2n) is 4.92. The highest BCUT2D eigenvalue weighted by Crippen LogP contribution is 2.14. The van der Waals surface area contributed by atoms with Crippen LogP contribution in [0.15, 0.2) is 54.6 Å². The standard InChI is InChI=1S/C18H20O5/c1-21-17(18(19)20)13-14-7-9-16(10-8-14)23-12-11-22-15-5-3-2-4-6-15/h2-10,17H,11-13H2,1H3,(H,19,20)/t17-/m0/s1. The Bertz CT molecular complexity index is 595. The van der Waals surface area contributed by atoms with Crippen LogP contribution in [0.3, 0.4) is 0 Å². The molecule has 0 heterocycles. The predicted octanol–water partition coefficient (Wildman–Crippen LogP) is 2.79. The number of aliphatic carboxylic acids is 1. The van der Waals surface area contributed by atoms with Gasteiger partial charge in [0, 0.05) is 13.5 Å². The van der Waals surface area contributed by atoms with Gasteiger partial charge in [0.25, 0.3) is 0 Å². The number of hydrogen-bond donors (Lipinski definition) is 1. The third kappa shape index (κ3) is 5.64. The summed E-state index contributed by atoms with van der Waals surface area (Å²) in [6.45, 7) is 0.889. The Morgan fingerprint density at radius 1 is 0.957 bits per heavy atom. The first-order valence-electron chi connectivity index (χ1n) is 7.34. The van der Waals surface area contributed by atoms with Crippen LogP contribution >= 0.6 is 0 Å². The van der Waals surface area contributed by atoms with Crippen LogP contribution in [0.2, 0.25) is 0 Å².